The minimum atomic E-state index is -1.12. The number of aryl methyl sites for hydroxylation is 1. The van der Waals surface area contributed by atoms with Crippen LogP contribution in [0.15, 0.2) is 18.2 Å². The Balaban J connectivity index is 2.35. The van der Waals surface area contributed by atoms with Crippen LogP contribution in [0.4, 0.5) is 0 Å². The summed E-state index contributed by atoms with van der Waals surface area (Å²) in [7, 11) is 0. The Hall–Kier alpha value is -1.55. The van der Waals surface area contributed by atoms with Crippen LogP contribution in [0.3, 0.4) is 0 Å². The normalized spacial score (nSPS) is 22.6. The summed E-state index contributed by atoms with van der Waals surface area (Å²) in [5.41, 5.74) is 0.177. The van der Waals surface area contributed by atoms with Crippen LogP contribution in [0.2, 0.25) is 5.02 Å². The molecule has 1 fully saturated rings. The molecule has 1 aliphatic rings. The van der Waals surface area contributed by atoms with Gasteiger partial charge >= 0.3 is 5.97 Å². The molecule has 108 valence electrons. The maximum atomic E-state index is 12.6. The van der Waals surface area contributed by atoms with Gasteiger partial charge in [0.2, 0.25) is 0 Å². The van der Waals surface area contributed by atoms with Crippen molar-refractivity contribution in [1.82, 2.24) is 4.90 Å². The second kappa shape index (κ2) is 5.44. The number of piperidine rings is 1. The van der Waals surface area contributed by atoms with E-state index in [1.165, 1.54) is 4.90 Å². The summed E-state index contributed by atoms with van der Waals surface area (Å²) in [5, 5.41) is 10.0. The number of rotatable bonds is 2. The first kappa shape index (κ1) is 14.9. The van der Waals surface area contributed by atoms with E-state index in [1.807, 2.05) is 6.92 Å². The summed E-state index contributed by atoms with van der Waals surface area (Å²) in [6.07, 6.45) is 2.15. The van der Waals surface area contributed by atoms with Gasteiger partial charge in [0.1, 0.15) is 5.54 Å². The number of amides is 1. The molecule has 1 atom stereocenters. The molecule has 0 bridgehead atoms. The van der Waals surface area contributed by atoms with Gasteiger partial charge in [-0.25, -0.2) is 4.79 Å². The number of carbonyl (C=O) groups is 2. The maximum Gasteiger partial charge on any atom is 0.329 e. The number of hydrogen-bond donors (Lipinski definition) is 1. The molecule has 0 aliphatic carbocycles. The summed E-state index contributed by atoms with van der Waals surface area (Å²) in [6.45, 7) is 3.92. The second-order valence-corrected chi connectivity index (χ2v) is 5.86. The molecular formula is C15H18ClNO3. The summed E-state index contributed by atoms with van der Waals surface area (Å²) in [6, 6.07) is 5.03. The minimum Gasteiger partial charge on any atom is -0.480 e. The lowest BCUT2D eigenvalue weighted by Gasteiger charge is -2.41. The third-order valence-electron chi connectivity index (χ3n) is 4.00. The number of hydrogen-bond acceptors (Lipinski definition) is 2. The Kier molecular flexibility index (Phi) is 4.04. The smallest absolute Gasteiger partial charge is 0.329 e. The first-order chi connectivity index (χ1) is 9.36. The van der Waals surface area contributed by atoms with Gasteiger partial charge in [0.05, 0.1) is 0 Å². The number of likely N-dealkylation sites (tertiary alicyclic amines) is 1. The highest BCUT2D eigenvalue weighted by Gasteiger charge is 2.44. The third-order valence-corrected chi connectivity index (χ3v) is 4.43. The molecule has 4 nitrogen and oxygen atoms in total. The van der Waals surface area contributed by atoms with Crippen LogP contribution in [0.1, 0.15) is 42.1 Å². The summed E-state index contributed by atoms with van der Waals surface area (Å²) < 4.78 is 0. The fraction of sp³-hybridized carbons (Fsp3) is 0.467. The molecule has 1 aromatic rings. The highest BCUT2D eigenvalue weighted by molar-refractivity contribution is 6.31. The Morgan fingerprint density at radius 2 is 2.05 bits per heavy atom. The molecule has 1 aromatic carbocycles. The fourth-order valence-electron chi connectivity index (χ4n) is 2.60. The number of carboxylic acid groups (broad SMARTS) is 1. The molecule has 1 saturated heterocycles. The van der Waals surface area contributed by atoms with Crippen molar-refractivity contribution in [2.24, 2.45) is 0 Å². The van der Waals surface area contributed by atoms with Crippen molar-refractivity contribution < 1.29 is 14.7 Å². The zero-order valence-corrected chi connectivity index (χ0v) is 12.4. The first-order valence-electron chi connectivity index (χ1n) is 6.68. The maximum absolute atomic E-state index is 12.6. The van der Waals surface area contributed by atoms with Crippen LogP contribution in [0.25, 0.3) is 0 Å². The topological polar surface area (TPSA) is 57.6 Å². The SMILES string of the molecule is Cc1cc(C(=O)N2CCCCC2(C)C(=O)O)ccc1Cl. The van der Waals surface area contributed by atoms with E-state index in [1.54, 1.807) is 25.1 Å². The van der Waals surface area contributed by atoms with Gasteiger partial charge in [0, 0.05) is 17.1 Å². The quantitative estimate of drug-likeness (QED) is 0.912. The van der Waals surface area contributed by atoms with Gasteiger partial charge in [0.15, 0.2) is 0 Å². The number of halogens is 1. The van der Waals surface area contributed by atoms with Crippen molar-refractivity contribution in [2.75, 3.05) is 6.54 Å². The Bertz CT molecular complexity index is 558. The molecule has 1 unspecified atom stereocenters. The van der Waals surface area contributed by atoms with E-state index >= 15 is 0 Å². The number of aliphatic carboxylic acids is 1. The summed E-state index contributed by atoms with van der Waals surface area (Å²) >= 11 is 5.96. The van der Waals surface area contributed by atoms with E-state index < -0.39 is 11.5 Å². The largest absolute Gasteiger partial charge is 0.480 e. The lowest BCUT2D eigenvalue weighted by Crippen LogP contribution is -2.57. The van der Waals surface area contributed by atoms with Crippen molar-refractivity contribution in [3.63, 3.8) is 0 Å². The highest BCUT2D eigenvalue weighted by atomic mass is 35.5. The molecule has 1 amide bonds. The molecule has 5 heteroatoms. The molecular weight excluding hydrogens is 278 g/mol. The number of benzene rings is 1. The van der Waals surface area contributed by atoms with Crippen LogP contribution in [0, 0.1) is 6.92 Å². The van der Waals surface area contributed by atoms with Gasteiger partial charge < -0.3 is 10.0 Å². The van der Waals surface area contributed by atoms with Gasteiger partial charge in [-0.3, -0.25) is 4.79 Å². The molecule has 20 heavy (non-hydrogen) atoms. The predicted octanol–water partition coefficient (Wildman–Crippen LogP) is 3.12. The van der Waals surface area contributed by atoms with Crippen molar-refractivity contribution >= 4 is 23.5 Å². The van der Waals surface area contributed by atoms with Crippen molar-refractivity contribution in [2.45, 2.75) is 38.6 Å². The van der Waals surface area contributed by atoms with Crippen molar-refractivity contribution in [1.29, 1.82) is 0 Å². The number of carboxylic acids is 1. The number of nitrogens with zero attached hydrogens (tertiary/aromatic N) is 1. The van der Waals surface area contributed by atoms with E-state index in [0.717, 1.165) is 18.4 Å². The van der Waals surface area contributed by atoms with Crippen molar-refractivity contribution in [3.8, 4) is 0 Å². The van der Waals surface area contributed by atoms with Gasteiger partial charge in [-0.15, -0.1) is 0 Å². The zero-order chi connectivity index (χ0) is 14.9. The molecule has 1 heterocycles. The number of carbonyl (C=O) groups excluding carboxylic acids is 1. The zero-order valence-electron chi connectivity index (χ0n) is 11.6. The van der Waals surface area contributed by atoms with E-state index in [0.29, 0.717) is 23.6 Å². The molecule has 0 saturated carbocycles. The van der Waals surface area contributed by atoms with Crippen LogP contribution in [0.5, 0.6) is 0 Å². The van der Waals surface area contributed by atoms with Gasteiger partial charge in [-0.1, -0.05) is 11.6 Å². The first-order valence-corrected chi connectivity index (χ1v) is 7.05. The minimum absolute atomic E-state index is 0.241. The lowest BCUT2D eigenvalue weighted by molar-refractivity contribution is -0.150. The van der Waals surface area contributed by atoms with Crippen LogP contribution in [-0.2, 0) is 4.79 Å². The highest BCUT2D eigenvalue weighted by Crippen LogP contribution is 2.30. The van der Waals surface area contributed by atoms with E-state index in [-0.39, 0.29) is 5.91 Å². The molecule has 2 rings (SSSR count). The second-order valence-electron chi connectivity index (χ2n) is 5.46. The van der Waals surface area contributed by atoms with E-state index in [4.69, 9.17) is 11.6 Å². The molecule has 1 N–H and O–H groups in total. The molecule has 0 spiro atoms. The standard InChI is InChI=1S/C15H18ClNO3/c1-10-9-11(5-6-12(10)16)13(18)17-8-4-3-7-15(17,2)14(19)20/h5-6,9H,3-4,7-8H2,1-2H3,(H,19,20). The van der Waals surface area contributed by atoms with Crippen LogP contribution < -0.4 is 0 Å². The van der Waals surface area contributed by atoms with Crippen molar-refractivity contribution in [3.05, 3.63) is 34.3 Å². The van der Waals surface area contributed by atoms with Crippen LogP contribution in [-0.4, -0.2) is 34.0 Å². The summed E-state index contributed by atoms with van der Waals surface area (Å²) in [5.74, 6) is -1.19. The average molecular weight is 296 g/mol. The van der Waals surface area contributed by atoms with E-state index in [2.05, 4.69) is 0 Å². The molecule has 0 radical (unpaired) electrons. The Labute approximate surface area is 123 Å². The molecule has 0 aromatic heterocycles. The van der Waals surface area contributed by atoms with Gasteiger partial charge in [-0.2, -0.15) is 0 Å². The van der Waals surface area contributed by atoms with E-state index in [9.17, 15) is 14.7 Å². The van der Waals surface area contributed by atoms with Gasteiger partial charge in [-0.05, 0) is 56.9 Å². The van der Waals surface area contributed by atoms with Crippen LogP contribution >= 0.6 is 11.6 Å². The van der Waals surface area contributed by atoms with Gasteiger partial charge in [0.25, 0.3) is 5.91 Å². The third kappa shape index (κ3) is 2.52. The lowest BCUT2D eigenvalue weighted by atomic mass is 9.87. The summed E-state index contributed by atoms with van der Waals surface area (Å²) in [4.78, 5) is 25.6. The monoisotopic (exact) mass is 295 g/mol. The average Bonchev–Trinajstić information content (AvgIpc) is 2.41. The molecule has 1 aliphatic heterocycles. The Morgan fingerprint density at radius 1 is 1.35 bits per heavy atom. The predicted molar refractivity (Wildman–Crippen MR) is 77.1 cm³/mol. The fourth-order valence-corrected chi connectivity index (χ4v) is 2.72. The Morgan fingerprint density at radius 3 is 2.65 bits per heavy atom.